The van der Waals surface area contributed by atoms with Crippen LogP contribution in [0, 0.1) is 0 Å². The Morgan fingerprint density at radius 3 is 2.76 bits per heavy atom. The van der Waals surface area contributed by atoms with Crippen molar-refractivity contribution in [3.05, 3.63) is 35.9 Å². The highest BCUT2D eigenvalue weighted by atomic mass is 16.4. The summed E-state index contributed by atoms with van der Waals surface area (Å²) in [6.07, 6.45) is 3.49. The van der Waals surface area contributed by atoms with Crippen LogP contribution in [-0.4, -0.2) is 41.1 Å². The predicted molar refractivity (Wildman–Crippen MR) is 80.1 cm³/mol. The van der Waals surface area contributed by atoms with Gasteiger partial charge in [0.05, 0.1) is 0 Å². The Bertz CT molecular complexity index is 476. The standard InChI is InChI=1S/C16H22N2O3/c19-15(20)9-4-10-17-16(21)18-11-5-8-14(18)12-13-6-2-1-3-7-13/h1-3,6-7,14H,4-5,8-12H2,(H,17,21)(H,19,20). The van der Waals surface area contributed by atoms with E-state index in [4.69, 9.17) is 5.11 Å². The summed E-state index contributed by atoms with van der Waals surface area (Å²) in [5, 5.41) is 11.4. The van der Waals surface area contributed by atoms with E-state index in [1.165, 1.54) is 5.56 Å². The van der Waals surface area contributed by atoms with Crippen LogP contribution in [0.25, 0.3) is 0 Å². The molecule has 0 bridgehead atoms. The molecule has 1 aliphatic rings. The molecule has 0 spiro atoms. The number of carboxylic acids is 1. The molecule has 0 radical (unpaired) electrons. The monoisotopic (exact) mass is 290 g/mol. The molecule has 2 N–H and O–H groups in total. The first kappa shape index (κ1) is 15.4. The molecule has 1 heterocycles. The molecular weight excluding hydrogens is 268 g/mol. The van der Waals surface area contributed by atoms with Gasteiger partial charge < -0.3 is 15.3 Å². The van der Waals surface area contributed by atoms with Gasteiger partial charge in [-0.1, -0.05) is 30.3 Å². The van der Waals surface area contributed by atoms with E-state index in [1.807, 2.05) is 23.1 Å². The number of amides is 2. The minimum absolute atomic E-state index is 0.0705. The van der Waals surface area contributed by atoms with Crippen molar-refractivity contribution >= 4 is 12.0 Å². The van der Waals surface area contributed by atoms with Crippen molar-refractivity contribution in [3.8, 4) is 0 Å². The molecule has 0 aromatic heterocycles. The number of nitrogens with one attached hydrogen (secondary N) is 1. The Kier molecular flexibility index (Phi) is 5.60. The van der Waals surface area contributed by atoms with E-state index >= 15 is 0 Å². The number of hydrogen-bond donors (Lipinski definition) is 2. The molecule has 1 aromatic rings. The second-order valence-corrected chi connectivity index (χ2v) is 5.41. The molecule has 2 rings (SSSR count). The van der Waals surface area contributed by atoms with E-state index in [-0.39, 0.29) is 18.5 Å². The van der Waals surface area contributed by atoms with Gasteiger partial charge in [-0.25, -0.2) is 4.79 Å². The predicted octanol–water partition coefficient (Wildman–Crippen LogP) is 2.27. The van der Waals surface area contributed by atoms with E-state index in [1.54, 1.807) is 0 Å². The van der Waals surface area contributed by atoms with Gasteiger partial charge in [0.25, 0.3) is 0 Å². The largest absolute Gasteiger partial charge is 0.481 e. The summed E-state index contributed by atoms with van der Waals surface area (Å²) in [5.41, 5.74) is 1.24. The number of aliphatic carboxylic acids is 1. The van der Waals surface area contributed by atoms with Crippen LogP contribution in [0.5, 0.6) is 0 Å². The molecule has 0 saturated carbocycles. The Morgan fingerprint density at radius 1 is 1.29 bits per heavy atom. The first-order valence-corrected chi connectivity index (χ1v) is 7.47. The fourth-order valence-electron chi connectivity index (χ4n) is 2.74. The average Bonchev–Trinajstić information content (AvgIpc) is 2.92. The van der Waals surface area contributed by atoms with E-state index in [0.29, 0.717) is 13.0 Å². The number of likely N-dealkylation sites (tertiary alicyclic amines) is 1. The first-order valence-electron chi connectivity index (χ1n) is 7.47. The maximum absolute atomic E-state index is 12.2. The summed E-state index contributed by atoms with van der Waals surface area (Å²) in [4.78, 5) is 24.5. The van der Waals surface area contributed by atoms with Crippen molar-refractivity contribution < 1.29 is 14.7 Å². The van der Waals surface area contributed by atoms with Crippen LogP contribution in [-0.2, 0) is 11.2 Å². The second-order valence-electron chi connectivity index (χ2n) is 5.41. The number of rotatable bonds is 6. The van der Waals surface area contributed by atoms with Gasteiger partial charge >= 0.3 is 12.0 Å². The van der Waals surface area contributed by atoms with Crippen LogP contribution in [0.15, 0.2) is 30.3 Å². The van der Waals surface area contributed by atoms with Crippen molar-refractivity contribution in [1.82, 2.24) is 10.2 Å². The van der Waals surface area contributed by atoms with Gasteiger partial charge in [0.15, 0.2) is 0 Å². The van der Waals surface area contributed by atoms with Crippen molar-refractivity contribution in [2.24, 2.45) is 0 Å². The normalized spacial score (nSPS) is 17.7. The van der Waals surface area contributed by atoms with Crippen LogP contribution >= 0.6 is 0 Å². The summed E-state index contributed by atoms with van der Waals surface area (Å²) in [6, 6.07) is 10.4. The Labute approximate surface area is 125 Å². The lowest BCUT2D eigenvalue weighted by molar-refractivity contribution is -0.137. The molecule has 5 nitrogen and oxygen atoms in total. The maximum atomic E-state index is 12.2. The number of nitrogens with zero attached hydrogens (tertiary/aromatic N) is 1. The third-order valence-corrected chi connectivity index (χ3v) is 3.80. The highest BCUT2D eigenvalue weighted by Crippen LogP contribution is 2.21. The molecule has 1 unspecified atom stereocenters. The lowest BCUT2D eigenvalue weighted by Gasteiger charge is -2.25. The van der Waals surface area contributed by atoms with Crippen LogP contribution in [0.2, 0.25) is 0 Å². The smallest absolute Gasteiger partial charge is 0.317 e. The summed E-state index contributed by atoms with van der Waals surface area (Å²) >= 11 is 0. The number of carbonyl (C=O) groups excluding carboxylic acids is 1. The maximum Gasteiger partial charge on any atom is 0.317 e. The molecule has 1 atom stereocenters. The van der Waals surface area contributed by atoms with Gasteiger partial charge in [0, 0.05) is 25.6 Å². The lowest BCUT2D eigenvalue weighted by atomic mass is 10.0. The fourth-order valence-corrected chi connectivity index (χ4v) is 2.74. The number of benzene rings is 1. The molecule has 1 aliphatic heterocycles. The van der Waals surface area contributed by atoms with Crippen molar-refractivity contribution in [3.63, 3.8) is 0 Å². The van der Waals surface area contributed by atoms with E-state index in [0.717, 1.165) is 25.8 Å². The number of carbonyl (C=O) groups is 2. The summed E-state index contributed by atoms with van der Waals surface area (Å²) in [5.74, 6) is -0.827. The zero-order valence-corrected chi connectivity index (χ0v) is 12.1. The number of carboxylic acid groups (broad SMARTS) is 1. The SMILES string of the molecule is O=C(O)CCCNC(=O)N1CCCC1Cc1ccccc1. The average molecular weight is 290 g/mol. The van der Waals surface area contributed by atoms with E-state index in [2.05, 4.69) is 17.4 Å². The van der Waals surface area contributed by atoms with Crippen LogP contribution in [0.4, 0.5) is 4.79 Å². The Hall–Kier alpha value is -2.04. The van der Waals surface area contributed by atoms with Crippen molar-refractivity contribution in [2.75, 3.05) is 13.1 Å². The van der Waals surface area contributed by atoms with Crippen LogP contribution in [0.3, 0.4) is 0 Å². The van der Waals surface area contributed by atoms with Gasteiger partial charge in [-0.05, 0) is 31.2 Å². The lowest BCUT2D eigenvalue weighted by Crippen LogP contribution is -2.43. The third kappa shape index (κ3) is 4.77. The van der Waals surface area contributed by atoms with Crippen molar-refractivity contribution in [1.29, 1.82) is 0 Å². The van der Waals surface area contributed by atoms with E-state index in [9.17, 15) is 9.59 Å². The molecular formula is C16H22N2O3. The van der Waals surface area contributed by atoms with Gasteiger partial charge in [0.1, 0.15) is 0 Å². The molecule has 1 saturated heterocycles. The summed E-state index contributed by atoms with van der Waals surface area (Å²) < 4.78 is 0. The molecule has 1 fully saturated rings. The van der Waals surface area contributed by atoms with Gasteiger partial charge in [-0.2, -0.15) is 0 Å². The van der Waals surface area contributed by atoms with Gasteiger partial charge in [-0.15, -0.1) is 0 Å². The third-order valence-electron chi connectivity index (χ3n) is 3.80. The highest BCUT2D eigenvalue weighted by molar-refractivity contribution is 5.75. The van der Waals surface area contributed by atoms with Crippen LogP contribution < -0.4 is 5.32 Å². The van der Waals surface area contributed by atoms with E-state index < -0.39 is 5.97 Å². The minimum Gasteiger partial charge on any atom is -0.481 e. The quantitative estimate of drug-likeness (QED) is 0.790. The second kappa shape index (κ2) is 7.67. The fraction of sp³-hybridized carbons (Fsp3) is 0.500. The Morgan fingerprint density at radius 2 is 2.05 bits per heavy atom. The zero-order chi connectivity index (χ0) is 15.1. The molecule has 1 aromatic carbocycles. The number of urea groups is 1. The summed E-state index contributed by atoms with van der Waals surface area (Å²) in [6.45, 7) is 1.20. The molecule has 0 aliphatic carbocycles. The van der Waals surface area contributed by atoms with Gasteiger partial charge in [0.2, 0.25) is 0 Å². The van der Waals surface area contributed by atoms with Crippen molar-refractivity contribution in [2.45, 2.75) is 38.1 Å². The number of hydrogen-bond acceptors (Lipinski definition) is 2. The van der Waals surface area contributed by atoms with Crippen LogP contribution in [0.1, 0.15) is 31.2 Å². The highest BCUT2D eigenvalue weighted by Gasteiger charge is 2.28. The molecule has 2 amide bonds. The van der Waals surface area contributed by atoms with Gasteiger partial charge in [-0.3, -0.25) is 4.79 Å². The summed E-state index contributed by atoms with van der Waals surface area (Å²) in [7, 11) is 0. The molecule has 21 heavy (non-hydrogen) atoms. The minimum atomic E-state index is -0.827. The zero-order valence-electron chi connectivity index (χ0n) is 12.1. The molecule has 5 heteroatoms. The first-order chi connectivity index (χ1) is 10.2. The Balaban J connectivity index is 1.80. The topological polar surface area (TPSA) is 69.6 Å². The molecule has 114 valence electrons.